The SMILES string of the molecule is CC[C@H](C)[C@H](NC(=O)[C@@H](NC(=O)[C@H](CCCNC(=N)N)NC(=O)[C@@H]1CCCN1C(=O)[C@@H](NC(=O)[C@H](CCCCN)NC(=O)[C@@H](N)Cc1ccccc1)[C@@H](C)O)C(C)C)C(=O)NCC(=O)N[C@H](C(=O)N[C@@H](CO)C(=O)N[C@H](C(=O)N1CCC[C@H]1C(=O)N[C@@H](Cc1ccccc1)C(=O)O)[C@@H](C)CC)C(C)C. The number of nitrogens with two attached hydrogens (primary N) is 3. The van der Waals surface area contributed by atoms with Crippen molar-refractivity contribution < 1.29 is 77.6 Å². The van der Waals surface area contributed by atoms with Crippen molar-refractivity contribution >= 4 is 82.8 Å². The lowest BCUT2D eigenvalue weighted by molar-refractivity contribution is -0.145. The predicted molar refractivity (Wildman–Crippen MR) is 385 cm³/mol. The van der Waals surface area contributed by atoms with Crippen LogP contribution in [0.2, 0.25) is 0 Å². The normalized spacial score (nSPS) is 18.0. The van der Waals surface area contributed by atoms with Gasteiger partial charge in [0.1, 0.15) is 66.5 Å². The molecule has 21 N–H and O–H groups in total. The van der Waals surface area contributed by atoms with Crippen LogP contribution in [0.15, 0.2) is 60.7 Å². The number of aliphatic hydroxyl groups excluding tert-OH is 2. The largest absolute Gasteiger partial charge is 0.480 e. The van der Waals surface area contributed by atoms with Gasteiger partial charge in [-0.2, -0.15) is 0 Å². The maximum Gasteiger partial charge on any atom is 0.326 e. The average Bonchev–Trinajstić information content (AvgIpc) is 1.58. The average molecular weight is 1460 g/mol. The Bertz CT molecular complexity index is 3220. The fraction of sp³-hybridized carbons (Fsp3) is 0.634. The highest BCUT2D eigenvalue weighted by Gasteiger charge is 2.44. The van der Waals surface area contributed by atoms with Crippen LogP contribution >= 0.6 is 0 Å². The smallest absolute Gasteiger partial charge is 0.326 e. The van der Waals surface area contributed by atoms with Crippen molar-refractivity contribution in [3.8, 4) is 0 Å². The molecule has 0 unspecified atom stereocenters. The Balaban J connectivity index is 1.43. The topological polar surface area (TPSA) is 523 Å². The van der Waals surface area contributed by atoms with Crippen molar-refractivity contribution in [1.82, 2.24) is 68.3 Å². The van der Waals surface area contributed by atoms with Crippen LogP contribution in [0, 0.1) is 29.1 Å². The number of benzene rings is 2. The van der Waals surface area contributed by atoms with Gasteiger partial charge in [-0.3, -0.25) is 62.9 Å². The van der Waals surface area contributed by atoms with Crippen LogP contribution in [-0.4, -0.2) is 226 Å². The van der Waals surface area contributed by atoms with Gasteiger partial charge in [0, 0.05) is 26.1 Å². The lowest BCUT2D eigenvalue weighted by atomic mass is 9.96. The van der Waals surface area contributed by atoms with Crippen molar-refractivity contribution in [3.05, 3.63) is 71.8 Å². The number of nitrogens with one attached hydrogen (secondary N) is 12. The first-order valence-corrected chi connectivity index (χ1v) is 36.0. The van der Waals surface area contributed by atoms with Crippen LogP contribution in [0.4, 0.5) is 0 Å². The van der Waals surface area contributed by atoms with E-state index in [0.29, 0.717) is 50.6 Å². The molecule has 578 valence electrons. The molecule has 2 fully saturated rings. The Morgan fingerprint density at radius 1 is 0.519 bits per heavy atom. The number of likely N-dealkylation sites (tertiary alicyclic amines) is 2. The van der Waals surface area contributed by atoms with E-state index >= 15 is 0 Å². The summed E-state index contributed by atoms with van der Waals surface area (Å²) in [5.74, 6) is -13.6. The number of rotatable bonds is 43. The summed E-state index contributed by atoms with van der Waals surface area (Å²) in [7, 11) is 0. The van der Waals surface area contributed by atoms with Gasteiger partial charge in [0.15, 0.2) is 5.96 Å². The number of carbonyl (C=O) groups excluding carboxylic acids is 12. The van der Waals surface area contributed by atoms with Gasteiger partial charge in [0.2, 0.25) is 70.9 Å². The fourth-order valence-corrected chi connectivity index (χ4v) is 12.2. The second kappa shape index (κ2) is 43.7. The second-order valence-electron chi connectivity index (χ2n) is 27.6. The lowest BCUT2D eigenvalue weighted by Crippen LogP contribution is -2.62. The molecule has 104 heavy (non-hydrogen) atoms. The van der Waals surface area contributed by atoms with Crippen LogP contribution in [0.1, 0.15) is 144 Å². The van der Waals surface area contributed by atoms with Gasteiger partial charge in [-0.05, 0) is 112 Å². The number of amides is 12. The van der Waals surface area contributed by atoms with E-state index < -0.39 is 192 Å². The molecule has 2 aliphatic rings. The van der Waals surface area contributed by atoms with Crippen LogP contribution in [-0.2, 0) is 75.2 Å². The summed E-state index contributed by atoms with van der Waals surface area (Å²) in [5, 5.41) is 67.8. The van der Waals surface area contributed by atoms with Gasteiger partial charge in [-0.25, -0.2) is 4.79 Å². The lowest BCUT2D eigenvalue weighted by Gasteiger charge is -2.32. The Kier molecular flexibility index (Phi) is 36.6. The summed E-state index contributed by atoms with van der Waals surface area (Å²) in [4.78, 5) is 183. The molecule has 33 nitrogen and oxygen atoms in total. The number of aliphatic hydroxyl groups is 2. The molecule has 2 aromatic rings. The van der Waals surface area contributed by atoms with Crippen molar-refractivity contribution in [2.75, 3.05) is 39.3 Å². The molecular weight excluding hydrogens is 1350 g/mol. The van der Waals surface area contributed by atoms with Gasteiger partial charge in [-0.15, -0.1) is 0 Å². The minimum atomic E-state index is -1.65. The molecule has 0 bridgehead atoms. The van der Waals surface area contributed by atoms with Crippen molar-refractivity contribution in [1.29, 1.82) is 5.41 Å². The molecule has 0 aromatic heterocycles. The Hall–Kier alpha value is -9.34. The molecule has 2 saturated heterocycles. The molecule has 0 radical (unpaired) electrons. The molecule has 0 aliphatic carbocycles. The summed E-state index contributed by atoms with van der Waals surface area (Å²) in [6.07, 6.45) is 1.54. The molecule has 33 heteroatoms. The first-order chi connectivity index (χ1) is 49.3. The molecule has 0 spiro atoms. The molecular formula is C71H113N17O16. The monoisotopic (exact) mass is 1460 g/mol. The number of nitrogens with zero attached hydrogens (tertiary/aromatic N) is 2. The van der Waals surface area contributed by atoms with Crippen LogP contribution in [0.5, 0.6) is 0 Å². The molecule has 15 atom stereocenters. The minimum Gasteiger partial charge on any atom is -0.480 e. The third-order valence-electron chi connectivity index (χ3n) is 18.8. The number of carbonyl (C=O) groups is 13. The number of hydrogen-bond donors (Lipinski definition) is 18. The van der Waals surface area contributed by atoms with Gasteiger partial charge in [-0.1, -0.05) is 129 Å². The Morgan fingerprint density at radius 3 is 1.46 bits per heavy atom. The number of carboxylic acids is 1. The maximum absolute atomic E-state index is 14.5. The molecule has 2 aromatic carbocycles. The van der Waals surface area contributed by atoms with E-state index in [-0.39, 0.29) is 70.5 Å². The zero-order chi connectivity index (χ0) is 77.5. The van der Waals surface area contributed by atoms with E-state index in [2.05, 4.69) is 58.5 Å². The summed E-state index contributed by atoms with van der Waals surface area (Å²) < 4.78 is 0. The Labute approximate surface area is 608 Å². The quantitative estimate of drug-likeness (QED) is 0.0186. The van der Waals surface area contributed by atoms with Crippen molar-refractivity contribution in [3.63, 3.8) is 0 Å². The van der Waals surface area contributed by atoms with E-state index in [1.165, 1.54) is 16.7 Å². The number of guanidine groups is 1. The summed E-state index contributed by atoms with van der Waals surface area (Å²) >= 11 is 0. The third-order valence-corrected chi connectivity index (χ3v) is 18.8. The van der Waals surface area contributed by atoms with E-state index in [1.807, 2.05) is 6.07 Å². The highest BCUT2D eigenvalue weighted by Crippen LogP contribution is 2.24. The van der Waals surface area contributed by atoms with E-state index in [1.54, 1.807) is 110 Å². The highest BCUT2D eigenvalue weighted by molar-refractivity contribution is 6.00. The van der Waals surface area contributed by atoms with Gasteiger partial charge in [0.25, 0.3) is 0 Å². The molecule has 2 heterocycles. The minimum absolute atomic E-state index is 0.00914. The number of aliphatic carboxylic acids is 1. The molecule has 4 rings (SSSR count). The van der Waals surface area contributed by atoms with Crippen molar-refractivity contribution in [2.24, 2.45) is 40.9 Å². The van der Waals surface area contributed by atoms with Crippen molar-refractivity contribution in [2.45, 2.75) is 224 Å². The number of carboxylic acid groups (broad SMARTS) is 1. The van der Waals surface area contributed by atoms with E-state index in [4.69, 9.17) is 22.6 Å². The van der Waals surface area contributed by atoms with Crippen LogP contribution < -0.4 is 75.7 Å². The standard InChI is InChI=1S/C71H113N17O16/c1-10-41(7)56(65(98)77-37-53(91)82-54(39(3)4)66(99)81-50(38-89)62(95)85-57(42(8)11-2)68(101)87-33-21-30-52(87)64(97)80-49(70(103)104)36-45-25-16-13-17-26-45)84-67(100)55(40(5)6)83-60(93)48(28-20-32-76-71(74)75)79-63(96)51-29-22-34-88(51)69(102)58(43(9)90)86-61(94)47(27-18-19-31-72)78-59(92)46(73)35-44-23-14-12-15-24-44/h12-17,23-26,39-43,46-52,54-58,89-90H,10-11,18-22,27-38,72-73H2,1-9H3,(H,77,98)(H,78,92)(H,79,96)(H,80,97)(H,81,99)(H,82,91)(H,83,93)(H,84,100)(H,85,95)(H,86,94)(H,103,104)(H4,74,75,76)/t41-,42-,43+,46-,47-,48-,49-,50-,51-,52-,54-,55-,56-,57-,58-/m0/s1. The van der Waals surface area contributed by atoms with Gasteiger partial charge < -0.3 is 101 Å². The van der Waals surface area contributed by atoms with Gasteiger partial charge in [0.05, 0.1) is 25.3 Å². The highest BCUT2D eigenvalue weighted by atomic mass is 16.4. The molecule has 2 aliphatic heterocycles. The summed E-state index contributed by atoms with van der Waals surface area (Å²) in [6.45, 7) is 13.5. The van der Waals surface area contributed by atoms with Gasteiger partial charge >= 0.3 is 5.97 Å². The first-order valence-electron chi connectivity index (χ1n) is 36.0. The maximum atomic E-state index is 14.5. The van der Waals surface area contributed by atoms with E-state index in [9.17, 15) is 77.6 Å². The zero-order valence-corrected chi connectivity index (χ0v) is 61.3. The fourth-order valence-electron chi connectivity index (χ4n) is 12.2. The van der Waals surface area contributed by atoms with E-state index in [0.717, 1.165) is 5.56 Å². The summed E-state index contributed by atoms with van der Waals surface area (Å²) in [6, 6.07) is 2.06. The van der Waals surface area contributed by atoms with Crippen LogP contribution in [0.3, 0.4) is 0 Å². The molecule has 12 amide bonds. The number of unbranched alkanes of at least 4 members (excludes halogenated alkanes) is 1. The first kappa shape index (κ1) is 87.1. The Morgan fingerprint density at radius 2 is 0.962 bits per heavy atom. The second-order valence-corrected chi connectivity index (χ2v) is 27.6. The van der Waals surface area contributed by atoms with Crippen LogP contribution in [0.25, 0.3) is 0 Å². The number of hydrogen-bond acceptors (Lipinski definition) is 18. The predicted octanol–water partition coefficient (Wildman–Crippen LogP) is -2.49. The zero-order valence-electron chi connectivity index (χ0n) is 61.3. The summed E-state index contributed by atoms with van der Waals surface area (Å²) in [5.41, 5.74) is 19.0. The third kappa shape index (κ3) is 27.0. The molecule has 0 saturated carbocycles.